The molecule has 0 amide bonds. The topological polar surface area (TPSA) is 85.2 Å². The first-order valence-corrected chi connectivity index (χ1v) is 8.05. The van der Waals surface area contributed by atoms with Crippen molar-refractivity contribution in [2.45, 2.75) is 38.0 Å². The summed E-state index contributed by atoms with van der Waals surface area (Å²) in [6, 6.07) is 3.95. The number of aryl methyl sites for hydroxylation is 1. The third kappa shape index (κ3) is 2.25. The highest BCUT2D eigenvalue weighted by molar-refractivity contribution is 5.46. The molecule has 23 heavy (non-hydrogen) atoms. The second-order valence-electron chi connectivity index (χ2n) is 6.39. The second-order valence-corrected chi connectivity index (χ2v) is 6.39. The van der Waals surface area contributed by atoms with Crippen molar-refractivity contribution < 1.29 is 4.52 Å². The summed E-state index contributed by atoms with van der Waals surface area (Å²) >= 11 is 0. The fourth-order valence-electron chi connectivity index (χ4n) is 3.14. The maximum Gasteiger partial charge on any atom is 0.231 e. The van der Waals surface area contributed by atoms with Gasteiger partial charge in [0.2, 0.25) is 5.89 Å². The van der Waals surface area contributed by atoms with Gasteiger partial charge in [-0.05, 0) is 38.3 Å². The Morgan fingerprint density at radius 3 is 2.87 bits per heavy atom. The lowest BCUT2D eigenvalue weighted by Crippen LogP contribution is -2.21. The fraction of sp³-hybridized carbons (Fsp3) is 0.533. The van der Waals surface area contributed by atoms with Crippen LogP contribution < -0.4 is 4.90 Å². The molecule has 118 valence electrons. The Morgan fingerprint density at radius 2 is 2.00 bits per heavy atom. The van der Waals surface area contributed by atoms with Crippen LogP contribution in [0.25, 0.3) is 5.65 Å². The first kappa shape index (κ1) is 13.0. The first-order valence-electron chi connectivity index (χ1n) is 8.05. The van der Waals surface area contributed by atoms with Crippen molar-refractivity contribution in [3.63, 3.8) is 0 Å². The zero-order valence-electron chi connectivity index (χ0n) is 12.9. The van der Waals surface area contributed by atoms with E-state index in [9.17, 15) is 0 Å². The van der Waals surface area contributed by atoms with E-state index in [-0.39, 0.29) is 5.92 Å². The van der Waals surface area contributed by atoms with Gasteiger partial charge in [0, 0.05) is 19.0 Å². The normalized spacial score (nSPS) is 21.4. The molecule has 3 aromatic heterocycles. The Balaban J connectivity index is 1.36. The molecule has 0 aromatic carbocycles. The fourth-order valence-corrected chi connectivity index (χ4v) is 3.14. The molecule has 0 N–H and O–H groups in total. The lowest BCUT2D eigenvalue weighted by atomic mass is 10.1. The van der Waals surface area contributed by atoms with Crippen LogP contribution in [0.15, 0.2) is 16.7 Å². The minimum atomic E-state index is 0.282. The molecule has 8 nitrogen and oxygen atoms in total. The van der Waals surface area contributed by atoms with Crippen LogP contribution in [0.4, 0.5) is 5.82 Å². The molecule has 5 rings (SSSR count). The highest BCUT2D eigenvalue weighted by atomic mass is 16.5. The molecular weight excluding hydrogens is 294 g/mol. The summed E-state index contributed by atoms with van der Waals surface area (Å²) in [6.45, 7) is 3.64. The summed E-state index contributed by atoms with van der Waals surface area (Å²) in [6.07, 6.45) is 3.39. The molecule has 3 aromatic rings. The number of aromatic nitrogens is 6. The van der Waals surface area contributed by atoms with Gasteiger partial charge in [-0.15, -0.1) is 14.8 Å². The Labute approximate surface area is 132 Å². The van der Waals surface area contributed by atoms with Gasteiger partial charge in [-0.25, -0.2) is 4.98 Å². The molecule has 8 heteroatoms. The zero-order valence-corrected chi connectivity index (χ0v) is 12.9. The minimum Gasteiger partial charge on any atom is -0.354 e. The van der Waals surface area contributed by atoms with Gasteiger partial charge >= 0.3 is 0 Å². The summed E-state index contributed by atoms with van der Waals surface area (Å²) in [5.74, 6) is 4.11. The molecule has 1 aliphatic heterocycles. The molecule has 2 fully saturated rings. The molecule has 1 saturated carbocycles. The number of rotatable bonds is 3. The van der Waals surface area contributed by atoms with E-state index in [1.807, 2.05) is 19.1 Å². The van der Waals surface area contributed by atoms with Crippen LogP contribution in [-0.4, -0.2) is 43.0 Å². The van der Waals surface area contributed by atoms with Gasteiger partial charge in [-0.1, -0.05) is 5.16 Å². The van der Waals surface area contributed by atoms with Crippen molar-refractivity contribution in [3.05, 3.63) is 29.7 Å². The number of hydrogen-bond acceptors (Lipinski definition) is 7. The molecule has 1 saturated heterocycles. The number of nitrogens with zero attached hydrogens (tertiary/aromatic N) is 7. The standard InChI is InChI=1S/C15H17N7O/c1-9-16-12-4-5-13(19-22(12)18-9)21-7-6-11(8-21)15-17-14(20-23-15)10-2-3-10/h4-5,10-11H,2-3,6-8H2,1H3/t11-/m1/s1. The Bertz CT molecular complexity index is 866. The maximum atomic E-state index is 5.47. The molecule has 2 aliphatic rings. The van der Waals surface area contributed by atoms with Crippen molar-refractivity contribution in [1.82, 2.24) is 30.0 Å². The molecule has 4 heterocycles. The smallest absolute Gasteiger partial charge is 0.231 e. The van der Waals surface area contributed by atoms with E-state index in [0.29, 0.717) is 5.92 Å². The van der Waals surface area contributed by atoms with Crippen molar-refractivity contribution in [3.8, 4) is 0 Å². The molecule has 1 atom stereocenters. The molecule has 0 radical (unpaired) electrons. The Hall–Kier alpha value is -2.51. The van der Waals surface area contributed by atoms with E-state index in [1.54, 1.807) is 4.63 Å². The van der Waals surface area contributed by atoms with Crippen LogP contribution >= 0.6 is 0 Å². The predicted octanol–water partition coefficient (Wildman–Crippen LogP) is 1.69. The number of fused-ring (bicyclic) bond motifs is 1. The highest BCUT2D eigenvalue weighted by Gasteiger charge is 2.33. The van der Waals surface area contributed by atoms with Gasteiger partial charge in [-0.3, -0.25) is 0 Å². The van der Waals surface area contributed by atoms with Crippen molar-refractivity contribution in [2.75, 3.05) is 18.0 Å². The van der Waals surface area contributed by atoms with Gasteiger partial charge in [0.15, 0.2) is 17.3 Å². The third-order valence-corrected chi connectivity index (χ3v) is 4.56. The van der Waals surface area contributed by atoms with Gasteiger partial charge in [0.05, 0.1) is 5.92 Å². The van der Waals surface area contributed by atoms with Crippen LogP contribution in [0.1, 0.15) is 48.6 Å². The molecule has 1 aliphatic carbocycles. The lowest BCUT2D eigenvalue weighted by molar-refractivity contribution is 0.355. The number of hydrogen-bond donors (Lipinski definition) is 0. The largest absolute Gasteiger partial charge is 0.354 e. The Morgan fingerprint density at radius 1 is 1.09 bits per heavy atom. The quantitative estimate of drug-likeness (QED) is 0.727. The van der Waals surface area contributed by atoms with Gasteiger partial charge < -0.3 is 9.42 Å². The van der Waals surface area contributed by atoms with E-state index in [1.165, 1.54) is 12.8 Å². The van der Waals surface area contributed by atoms with E-state index in [4.69, 9.17) is 4.52 Å². The summed E-state index contributed by atoms with van der Waals surface area (Å²) in [4.78, 5) is 11.1. The van der Waals surface area contributed by atoms with E-state index in [2.05, 4.69) is 30.2 Å². The summed E-state index contributed by atoms with van der Waals surface area (Å²) in [5.41, 5.74) is 0.771. The Kier molecular flexibility index (Phi) is 2.67. The zero-order chi connectivity index (χ0) is 15.4. The van der Waals surface area contributed by atoms with Gasteiger partial charge in [-0.2, -0.15) is 4.98 Å². The predicted molar refractivity (Wildman–Crippen MR) is 81.4 cm³/mol. The molecule has 0 unspecified atom stereocenters. The monoisotopic (exact) mass is 311 g/mol. The molecule has 0 bridgehead atoms. The first-order chi connectivity index (χ1) is 11.3. The van der Waals surface area contributed by atoms with Crippen LogP contribution in [0, 0.1) is 6.92 Å². The second kappa shape index (κ2) is 4.74. The lowest BCUT2D eigenvalue weighted by Gasteiger charge is -2.16. The average molecular weight is 311 g/mol. The summed E-state index contributed by atoms with van der Waals surface area (Å²) in [7, 11) is 0. The van der Waals surface area contributed by atoms with E-state index in [0.717, 1.165) is 48.5 Å². The third-order valence-electron chi connectivity index (χ3n) is 4.56. The summed E-state index contributed by atoms with van der Waals surface area (Å²) < 4.78 is 7.07. The van der Waals surface area contributed by atoms with Crippen molar-refractivity contribution in [1.29, 1.82) is 0 Å². The van der Waals surface area contributed by atoms with E-state index < -0.39 is 0 Å². The van der Waals surface area contributed by atoms with E-state index >= 15 is 0 Å². The molecular formula is C15H17N7O. The SMILES string of the molecule is Cc1nc2ccc(N3CC[C@@H](c4nc(C5CC5)no4)C3)nn2n1. The minimum absolute atomic E-state index is 0.282. The average Bonchev–Trinajstić information content (AvgIpc) is 2.99. The van der Waals surface area contributed by atoms with Gasteiger partial charge in [0.1, 0.15) is 5.82 Å². The van der Waals surface area contributed by atoms with Crippen LogP contribution in [-0.2, 0) is 0 Å². The number of anilines is 1. The van der Waals surface area contributed by atoms with Crippen LogP contribution in [0.3, 0.4) is 0 Å². The summed E-state index contributed by atoms with van der Waals surface area (Å²) in [5, 5.41) is 13.0. The molecule has 0 spiro atoms. The van der Waals surface area contributed by atoms with Crippen LogP contribution in [0.5, 0.6) is 0 Å². The van der Waals surface area contributed by atoms with Crippen LogP contribution in [0.2, 0.25) is 0 Å². The van der Waals surface area contributed by atoms with Gasteiger partial charge in [0.25, 0.3) is 0 Å². The maximum absolute atomic E-state index is 5.47. The van der Waals surface area contributed by atoms with Crippen molar-refractivity contribution in [2.24, 2.45) is 0 Å². The van der Waals surface area contributed by atoms with Crippen molar-refractivity contribution >= 4 is 11.5 Å². The highest BCUT2D eigenvalue weighted by Crippen LogP contribution is 2.39.